The fourth-order valence-corrected chi connectivity index (χ4v) is 7.24. The lowest BCUT2D eigenvalue weighted by Crippen LogP contribution is -2.56. The third-order valence-corrected chi connectivity index (χ3v) is 9.03. The number of hydrogen-bond acceptors (Lipinski definition) is 5. The average molecular weight is 549 g/mol. The second-order valence-electron chi connectivity index (χ2n) is 11.4. The Labute approximate surface area is 230 Å². The molecule has 10 heteroatoms. The van der Waals surface area contributed by atoms with Gasteiger partial charge in [-0.15, -0.1) is 0 Å². The first kappa shape index (κ1) is 26.4. The molecular formula is C30H30F2N4O4. The zero-order chi connectivity index (χ0) is 28.2. The largest absolute Gasteiger partial charge is 0.372 e. The molecule has 3 amide bonds. The first-order chi connectivity index (χ1) is 19.1. The van der Waals surface area contributed by atoms with Crippen LogP contribution in [0.15, 0.2) is 48.5 Å². The van der Waals surface area contributed by atoms with Gasteiger partial charge in [-0.25, -0.2) is 8.78 Å². The van der Waals surface area contributed by atoms with Crippen LogP contribution in [0, 0.1) is 29.1 Å². The molecule has 208 valence electrons. The van der Waals surface area contributed by atoms with Gasteiger partial charge in [0.05, 0.1) is 6.07 Å². The zero-order valence-corrected chi connectivity index (χ0v) is 21.8. The molecule has 4 aliphatic rings. The number of benzene rings is 2. The van der Waals surface area contributed by atoms with Gasteiger partial charge in [-0.05, 0) is 42.2 Å². The van der Waals surface area contributed by atoms with E-state index in [1.165, 1.54) is 4.90 Å². The average Bonchev–Trinajstić information content (AvgIpc) is 3.53. The van der Waals surface area contributed by atoms with E-state index < -0.39 is 66.0 Å². The second kappa shape index (κ2) is 9.66. The number of amides is 3. The van der Waals surface area contributed by atoms with Crippen LogP contribution in [0.25, 0.3) is 11.1 Å². The molecule has 0 aromatic heterocycles. The molecule has 2 aliphatic carbocycles. The lowest BCUT2D eigenvalue weighted by molar-refractivity contribution is -0.153. The molecule has 3 fully saturated rings. The molecule has 2 heterocycles. The van der Waals surface area contributed by atoms with Gasteiger partial charge in [0.1, 0.15) is 12.1 Å². The highest BCUT2D eigenvalue weighted by atomic mass is 19.3. The number of nitrogens with zero attached hydrogens (tertiary/aromatic N) is 2. The summed E-state index contributed by atoms with van der Waals surface area (Å²) in [6, 6.07) is 13.7. The molecule has 1 saturated carbocycles. The predicted molar refractivity (Wildman–Crippen MR) is 139 cm³/mol. The van der Waals surface area contributed by atoms with Gasteiger partial charge in [0.25, 0.3) is 5.91 Å². The lowest BCUT2D eigenvalue weighted by atomic mass is 9.88. The van der Waals surface area contributed by atoms with Crippen LogP contribution in [-0.4, -0.2) is 58.8 Å². The van der Waals surface area contributed by atoms with Crippen molar-refractivity contribution in [2.45, 2.75) is 55.7 Å². The van der Waals surface area contributed by atoms with Crippen molar-refractivity contribution >= 4 is 17.7 Å². The maximum Gasteiger partial charge on any atom is 0.264 e. The van der Waals surface area contributed by atoms with Crippen molar-refractivity contribution in [2.24, 2.45) is 17.8 Å². The summed E-state index contributed by atoms with van der Waals surface area (Å²) in [5.41, 5.74) is 0.0380. The molecule has 0 unspecified atom stereocenters. The number of carbonyl (C=O) groups is 3. The quantitative estimate of drug-likeness (QED) is 0.531. The first-order valence-electron chi connectivity index (χ1n) is 13.7. The van der Waals surface area contributed by atoms with Gasteiger partial charge in [-0.3, -0.25) is 14.4 Å². The van der Waals surface area contributed by atoms with Crippen LogP contribution in [0.5, 0.6) is 0 Å². The molecule has 2 aromatic carbocycles. The number of likely N-dealkylation sites (tertiary alicyclic amines) is 1. The van der Waals surface area contributed by atoms with Gasteiger partial charge in [-0.2, -0.15) is 5.26 Å². The number of rotatable bonds is 5. The fraction of sp³-hybridized carbons (Fsp3) is 0.467. The number of aliphatic hydroxyl groups is 1. The predicted octanol–water partition coefficient (Wildman–Crippen LogP) is 2.70. The van der Waals surface area contributed by atoms with E-state index in [4.69, 9.17) is 0 Å². The molecule has 6 rings (SSSR count). The van der Waals surface area contributed by atoms with Gasteiger partial charge >= 0.3 is 0 Å². The normalized spacial score (nSPS) is 28.1. The van der Waals surface area contributed by atoms with Crippen LogP contribution in [0.2, 0.25) is 0 Å². The summed E-state index contributed by atoms with van der Waals surface area (Å²) in [7, 11) is 0. The van der Waals surface area contributed by atoms with Crippen LogP contribution in [-0.2, 0) is 20.0 Å². The molecule has 3 N–H and O–H groups in total. The molecule has 8 nitrogen and oxygen atoms in total. The van der Waals surface area contributed by atoms with E-state index in [0.29, 0.717) is 35.2 Å². The molecule has 0 radical (unpaired) electrons. The van der Waals surface area contributed by atoms with Crippen LogP contribution < -0.4 is 10.6 Å². The summed E-state index contributed by atoms with van der Waals surface area (Å²) >= 11 is 0. The Morgan fingerprint density at radius 2 is 1.77 bits per heavy atom. The monoisotopic (exact) mass is 548 g/mol. The van der Waals surface area contributed by atoms with Crippen LogP contribution >= 0.6 is 0 Å². The Balaban J connectivity index is 1.32. The number of carbonyl (C=O) groups excluding carboxylic acids is 3. The lowest BCUT2D eigenvalue weighted by Gasteiger charge is -2.35. The van der Waals surface area contributed by atoms with E-state index in [1.807, 2.05) is 18.2 Å². The fourth-order valence-electron chi connectivity index (χ4n) is 7.24. The first-order valence-corrected chi connectivity index (χ1v) is 13.7. The van der Waals surface area contributed by atoms with Crippen molar-refractivity contribution in [3.63, 3.8) is 0 Å². The smallest absolute Gasteiger partial charge is 0.264 e. The minimum absolute atomic E-state index is 0.0870. The highest BCUT2D eigenvalue weighted by Crippen LogP contribution is 2.53. The van der Waals surface area contributed by atoms with E-state index >= 15 is 0 Å². The number of fused-ring (bicyclic) bond motifs is 4. The van der Waals surface area contributed by atoms with Crippen molar-refractivity contribution < 1.29 is 28.3 Å². The molecule has 2 saturated heterocycles. The minimum Gasteiger partial charge on any atom is -0.372 e. The molecule has 0 spiro atoms. The Kier molecular flexibility index (Phi) is 6.37. The van der Waals surface area contributed by atoms with Crippen molar-refractivity contribution in [3.8, 4) is 17.2 Å². The van der Waals surface area contributed by atoms with Crippen molar-refractivity contribution in [3.05, 3.63) is 59.7 Å². The SMILES string of the molecule is N#C[C@@H](C[C@H]1CCCNC1=O)NC(=O)[C@H]1[C@H]2CC(F)(F)C[C@H]2CN1C(=O)C1(O)c2ccccc2-c2ccccc21. The molecule has 2 aliphatic heterocycles. The summed E-state index contributed by atoms with van der Waals surface area (Å²) in [4.78, 5) is 41.5. The number of nitriles is 1. The summed E-state index contributed by atoms with van der Waals surface area (Å²) < 4.78 is 29.0. The van der Waals surface area contributed by atoms with Crippen molar-refractivity contribution in [1.29, 1.82) is 5.26 Å². The third kappa shape index (κ3) is 4.15. The molecule has 2 aromatic rings. The van der Waals surface area contributed by atoms with Crippen molar-refractivity contribution in [2.75, 3.05) is 13.1 Å². The number of nitrogens with one attached hydrogen (secondary N) is 2. The number of alkyl halides is 2. The van der Waals surface area contributed by atoms with Crippen LogP contribution in [0.4, 0.5) is 8.78 Å². The van der Waals surface area contributed by atoms with Crippen LogP contribution in [0.1, 0.15) is 43.2 Å². The topological polar surface area (TPSA) is 123 Å². The Morgan fingerprint density at radius 1 is 1.12 bits per heavy atom. The number of halogens is 2. The van der Waals surface area contributed by atoms with Crippen LogP contribution in [0.3, 0.4) is 0 Å². The summed E-state index contributed by atoms with van der Waals surface area (Å²) in [5.74, 6) is -6.53. The number of hydrogen-bond donors (Lipinski definition) is 3. The Morgan fingerprint density at radius 3 is 2.40 bits per heavy atom. The summed E-state index contributed by atoms with van der Waals surface area (Å²) in [6.07, 6.45) is 0.405. The zero-order valence-electron chi connectivity index (χ0n) is 21.8. The van der Waals surface area contributed by atoms with E-state index in [2.05, 4.69) is 10.6 Å². The minimum atomic E-state index is -2.97. The maximum atomic E-state index is 14.5. The van der Waals surface area contributed by atoms with E-state index in [1.54, 1.807) is 36.4 Å². The molecule has 0 bridgehead atoms. The van der Waals surface area contributed by atoms with Gasteiger partial charge < -0.3 is 20.6 Å². The van der Waals surface area contributed by atoms with E-state index in [0.717, 1.165) is 6.42 Å². The molecular weight excluding hydrogens is 518 g/mol. The maximum absolute atomic E-state index is 14.5. The second-order valence-corrected chi connectivity index (χ2v) is 11.4. The Hall–Kier alpha value is -3.84. The molecule has 5 atom stereocenters. The van der Waals surface area contributed by atoms with Crippen molar-refractivity contribution in [1.82, 2.24) is 15.5 Å². The summed E-state index contributed by atoms with van der Waals surface area (Å²) in [5, 5.41) is 27.3. The third-order valence-electron chi connectivity index (χ3n) is 9.03. The highest BCUT2D eigenvalue weighted by Gasteiger charge is 2.61. The van der Waals surface area contributed by atoms with Gasteiger partial charge in [0.2, 0.25) is 17.7 Å². The number of piperidine rings is 1. The standard InChI is InChI=1S/C30H30F2N4O4/c31-29(32)13-18-16-36(28(39)30(40)23-9-3-1-7-20(23)21-8-2-4-10-24(21)30)25(22(18)14-29)27(38)35-19(15-33)12-17-6-5-11-34-26(17)37/h1-4,7-10,17-19,22,25,40H,5-6,11-14,16H2,(H,34,37)(H,35,38)/t17-,18+,19-,22+,25-/m1/s1. The van der Waals surface area contributed by atoms with Gasteiger partial charge in [0, 0.05) is 43.0 Å². The van der Waals surface area contributed by atoms with E-state index in [9.17, 15) is 33.5 Å². The Bertz CT molecular complexity index is 1380. The van der Waals surface area contributed by atoms with Gasteiger partial charge in [0.15, 0.2) is 5.60 Å². The highest BCUT2D eigenvalue weighted by molar-refractivity contribution is 6.01. The summed E-state index contributed by atoms with van der Waals surface area (Å²) in [6.45, 7) is 0.455. The molecule has 40 heavy (non-hydrogen) atoms. The van der Waals surface area contributed by atoms with Gasteiger partial charge in [-0.1, -0.05) is 48.5 Å². The van der Waals surface area contributed by atoms with E-state index in [-0.39, 0.29) is 18.9 Å².